The van der Waals surface area contributed by atoms with Crippen molar-refractivity contribution in [3.05, 3.63) is 58.4 Å². The van der Waals surface area contributed by atoms with E-state index in [0.717, 1.165) is 40.8 Å². The molecule has 0 radical (unpaired) electrons. The first kappa shape index (κ1) is 15.1. The van der Waals surface area contributed by atoms with Gasteiger partial charge in [0.25, 0.3) is 0 Å². The average molecular weight is 309 g/mol. The van der Waals surface area contributed by atoms with E-state index >= 15 is 0 Å². The van der Waals surface area contributed by atoms with Crippen LogP contribution in [-0.4, -0.2) is 11.5 Å². The second-order valence-electron chi connectivity index (χ2n) is 4.67. The number of nitrogens with zero attached hydrogens (tertiary/aromatic N) is 2. The Balaban J connectivity index is 2.33. The molecule has 1 heterocycles. The van der Waals surface area contributed by atoms with Crippen LogP contribution in [0.3, 0.4) is 0 Å². The van der Waals surface area contributed by atoms with E-state index in [1.807, 2.05) is 43.3 Å². The largest absolute Gasteiger partial charge is 0.364 e. The van der Waals surface area contributed by atoms with E-state index < -0.39 is 0 Å². The van der Waals surface area contributed by atoms with Gasteiger partial charge in [0.1, 0.15) is 0 Å². The molecule has 20 heavy (non-hydrogen) atoms. The summed E-state index contributed by atoms with van der Waals surface area (Å²) >= 11 is 12.4. The van der Waals surface area contributed by atoms with Crippen molar-refractivity contribution in [3.8, 4) is 0 Å². The van der Waals surface area contributed by atoms with Gasteiger partial charge in [0.05, 0.1) is 22.9 Å². The van der Waals surface area contributed by atoms with Crippen molar-refractivity contribution in [1.29, 1.82) is 0 Å². The highest BCUT2D eigenvalue weighted by atomic mass is 35.5. The van der Waals surface area contributed by atoms with Gasteiger partial charge < -0.3 is 4.90 Å². The number of hydrogen-bond donors (Lipinski definition) is 0. The second kappa shape index (κ2) is 6.96. The van der Waals surface area contributed by atoms with Crippen LogP contribution in [0.25, 0.3) is 0 Å². The smallest absolute Gasteiger partial charge is 0.0642 e. The summed E-state index contributed by atoms with van der Waals surface area (Å²) in [7, 11) is 0. The number of benzene rings is 1. The van der Waals surface area contributed by atoms with Crippen molar-refractivity contribution in [2.45, 2.75) is 26.3 Å². The zero-order valence-corrected chi connectivity index (χ0v) is 13.2. The van der Waals surface area contributed by atoms with Crippen molar-refractivity contribution in [2.24, 2.45) is 0 Å². The normalized spacial score (nSPS) is 10.6. The number of aromatic nitrogens is 1. The molecular weight excluding hydrogens is 291 g/mol. The fourth-order valence-electron chi connectivity index (χ4n) is 2.25. The molecule has 0 bridgehead atoms. The van der Waals surface area contributed by atoms with Gasteiger partial charge in [0.2, 0.25) is 0 Å². The Kier molecular flexibility index (Phi) is 5.27. The Morgan fingerprint density at radius 2 is 1.90 bits per heavy atom. The zero-order valence-electron chi connectivity index (χ0n) is 11.7. The molecule has 0 spiro atoms. The lowest BCUT2D eigenvalue weighted by Gasteiger charge is -2.26. The number of alkyl halides is 1. The van der Waals surface area contributed by atoms with E-state index in [1.54, 1.807) is 0 Å². The van der Waals surface area contributed by atoms with Crippen LogP contribution >= 0.6 is 23.2 Å². The highest BCUT2D eigenvalue weighted by Crippen LogP contribution is 2.31. The molecule has 0 atom stereocenters. The monoisotopic (exact) mass is 308 g/mol. The van der Waals surface area contributed by atoms with Gasteiger partial charge in [-0.15, -0.1) is 11.6 Å². The maximum Gasteiger partial charge on any atom is 0.0642 e. The molecule has 0 amide bonds. The number of anilines is 1. The molecule has 1 aromatic heterocycles. The minimum Gasteiger partial charge on any atom is -0.364 e. The minimum absolute atomic E-state index is 0.452. The fourth-order valence-corrected chi connectivity index (χ4v) is 2.78. The van der Waals surface area contributed by atoms with Crippen LogP contribution in [0, 0.1) is 6.92 Å². The van der Waals surface area contributed by atoms with Crippen LogP contribution in [-0.2, 0) is 12.4 Å². The summed E-state index contributed by atoms with van der Waals surface area (Å²) in [5.41, 5.74) is 4.12. The molecule has 4 heteroatoms. The summed E-state index contributed by atoms with van der Waals surface area (Å²) in [6, 6.07) is 11.9. The van der Waals surface area contributed by atoms with E-state index in [0.29, 0.717) is 5.88 Å². The molecular formula is C16H18Cl2N2. The highest BCUT2D eigenvalue weighted by molar-refractivity contribution is 6.33. The van der Waals surface area contributed by atoms with E-state index in [-0.39, 0.29) is 0 Å². The lowest BCUT2D eigenvalue weighted by atomic mass is 10.1. The Morgan fingerprint density at radius 1 is 1.15 bits per heavy atom. The molecule has 0 fully saturated rings. The number of aryl methyl sites for hydroxylation is 1. The van der Waals surface area contributed by atoms with Crippen molar-refractivity contribution in [3.63, 3.8) is 0 Å². The molecule has 1 aromatic carbocycles. The van der Waals surface area contributed by atoms with Crippen LogP contribution in [0.1, 0.15) is 23.9 Å². The van der Waals surface area contributed by atoms with Crippen LogP contribution in [0.15, 0.2) is 36.4 Å². The topological polar surface area (TPSA) is 16.1 Å². The van der Waals surface area contributed by atoms with Crippen LogP contribution in [0.2, 0.25) is 5.02 Å². The molecule has 0 saturated carbocycles. The Bertz CT molecular complexity index is 584. The fraction of sp³-hybridized carbons (Fsp3) is 0.312. The Morgan fingerprint density at radius 3 is 2.55 bits per heavy atom. The molecule has 2 aromatic rings. The van der Waals surface area contributed by atoms with Gasteiger partial charge in [-0.1, -0.05) is 29.8 Å². The third kappa shape index (κ3) is 3.44. The van der Waals surface area contributed by atoms with Crippen molar-refractivity contribution in [1.82, 2.24) is 4.98 Å². The predicted molar refractivity (Wildman–Crippen MR) is 86.7 cm³/mol. The lowest BCUT2D eigenvalue weighted by molar-refractivity contribution is 0.802. The van der Waals surface area contributed by atoms with Gasteiger partial charge in [0, 0.05) is 18.1 Å². The van der Waals surface area contributed by atoms with Gasteiger partial charge in [-0.05, 0) is 37.6 Å². The molecule has 0 N–H and O–H groups in total. The van der Waals surface area contributed by atoms with Crippen LogP contribution in [0.4, 0.5) is 5.69 Å². The number of para-hydroxylation sites is 1. The van der Waals surface area contributed by atoms with E-state index in [2.05, 4.69) is 16.8 Å². The van der Waals surface area contributed by atoms with Gasteiger partial charge >= 0.3 is 0 Å². The molecule has 2 rings (SSSR count). The second-order valence-corrected chi connectivity index (χ2v) is 5.34. The summed E-state index contributed by atoms with van der Waals surface area (Å²) in [6.07, 6.45) is 0. The molecule has 0 aliphatic heterocycles. The summed E-state index contributed by atoms with van der Waals surface area (Å²) in [6.45, 7) is 5.69. The SMILES string of the molecule is CCN(Cc1cccc(C)n1)c1c(Cl)cccc1CCl. The first-order chi connectivity index (χ1) is 9.65. The number of hydrogen-bond acceptors (Lipinski definition) is 2. The molecule has 0 saturated heterocycles. The van der Waals surface area contributed by atoms with Gasteiger partial charge in [-0.3, -0.25) is 4.98 Å². The zero-order chi connectivity index (χ0) is 14.5. The predicted octanol–water partition coefficient (Wildman–Crippen LogP) is 4.81. The van der Waals surface area contributed by atoms with E-state index in [4.69, 9.17) is 23.2 Å². The molecule has 2 nitrogen and oxygen atoms in total. The quantitative estimate of drug-likeness (QED) is 0.737. The summed E-state index contributed by atoms with van der Waals surface area (Å²) < 4.78 is 0. The summed E-state index contributed by atoms with van der Waals surface area (Å²) in [5, 5.41) is 0.734. The third-order valence-corrected chi connectivity index (χ3v) is 3.80. The van der Waals surface area contributed by atoms with E-state index in [1.165, 1.54) is 0 Å². The van der Waals surface area contributed by atoms with Gasteiger partial charge in [-0.2, -0.15) is 0 Å². The van der Waals surface area contributed by atoms with Crippen LogP contribution < -0.4 is 4.90 Å². The first-order valence-electron chi connectivity index (χ1n) is 6.66. The van der Waals surface area contributed by atoms with Gasteiger partial charge in [0.15, 0.2) is 0 Å². The number of rotatable bonds is 5. The third-order valence-electron chi connectivity index (χ3n) is 3.21. The molecule has 0 aliphatic rings. The van der Waals surface area contributed by atoms with Crippen molar-refractivity contribution >= 4 is 28.9 Å². The van der Waals surface area contributed by atoms with Crippen molar-refractivity contribution < 1.29 is 0 Å². The molecule has 0 unspecified atom stereocenters. The van der Waals surface area contributed by atoms with Gasteiger partial charge in [-0.25, -0.2) is 0 Å². The maximum absolute atomic E-state index is 6.36. The number of halogens is 2. The van der Waals surface area contributed by atoms with Crippen LogP contribution in [0.5, 0.6) is 0 Å². The molecule has 0 aliphatic carbocycles. The Hall–Kier alpha value is -1.25. The molecule has 106 valence electrons. The standard InChI is InChI=1S/C16H18Cl2N2/c1-3-20(11-14-8-4-6-12(2)19-14)16-13(10-17)7-5-9-15(16)18/h4-9H,3,10-11H2,1-2H3. The maximum atomic E-state index is 6.36. The summed E-state index contributed by atoms with van der Waals surface area (Å²) in [4.78, 5) is 6.76. The highest BCUT2D eigenvalue weighted by Gasteiger charge is 2.14. The Labute approximate surface area is 130 Å². The minimum atomic E-state index is 0.452. The lowest BCUT2D eigenvalue weighted by Crippen LogP contribution is -2.24. The van der Waals surface area contributed by atoms with E-state index in [9.17, 15) is 0 Å². The van der Waals surface area contributed by atoms with Crippen molar-refractivity contribution in [2.75, 3.05) is 11.4 Å². The number of pyridine rings is 1. The first-order valence-corrected chi connectivity index (χ1v) is 7.57. The average Bonchev–Trinajstić information content (AvgIpc) is 2.45. The summed E-state index contributed by atoms with van der Waals surface area (Å²) in [5.74, 6) is 0.452.